The van der Waals surface area contributed by atoms with Gasteiger partial charge >= 0.3 is 5.92 Å². The Kier molecular flexibility index (Phi) is 5.08. The summed E-state index contributed by atoms with van der Waals surface area (Å²) in [4.78, 5) is 23.5. The van der Waals surface area contributed by atoms with Gasteiger partial charge in [-0.2, -0.15) is 8.78 Å². The Bertz CT molecular complexity index is 650. The summed E-state index contributed by atoms with van der Waals surface area (Å²) in [5.41, 5.74) is 1.20. The Balaban J connectivity index is 1.98. The number of hydrogen-bond acceptors (Lipinski definition) is 2. The molecule has 1 aliphatic rings. The van der Waals surface area contributed by atoms with E-state index < -0.39 is 18.3 Å². The Labute approximate surface area is 134 Å². The number of para-hydroxylation sites is 1. The van der Waals surface area contributed by atoms with Gasteiger partial charge in [0.15, 0.2) is 5.78 Å². The van der Waals surface area contributed by atoms with Crippen LogP contribution in [0.5, 0.6) is 0 Å². The first kappa shape index (κ1) is 17.1. The maximum absolute atomic E-state index is 14.1. The van der Waals surface area contributed by atoms with Crippen LogP contribution in [0.15, 0.2) is 54.1 Å². The van der Waals surface area contributed by atoms with E-state index in [2.05, 4.69) is 11.9 Å². The second-order valence-electron chi connectivity index (χ2n) is 5.81. The topological polar surface area (TPSA) is 46.2 Å². The molecular weight excluding hydrogens is 300 g/mol. The van der Waals surface area contributed by atoms with Crippen LogP contribution in [0.2, 0.25) is 0 Å². The zero-order valence-corrected chi connectivity index (χ0v) is 12.9. The van der Waals surface area contributed by atoms with Crippen molar-refractivity contribution in [1.29, 1.82) is 0 Å². The van der Waals surface area contributed by atoms with Crippen molar-refractivity contribution in [3.05, 3.63) is 54.1 Å². The third kappa shape index (κ3) is 4.34. The number of carbonyl (C=O) groups excluding carboxylic acids is 2. The third-order valence-electron chi connectivity index (χ3n) is 3.97. The van der Waals surface area contributed by atoms with E-state index in [0.29, 0.717) is 17.7 Å². The Morgan fingerprint density at radius 1 is 1.35 bits per heavy atom. The number of Topliss-reactive ketones (excluding diaryl/α,β-unsaturated/α-hetero) is 1. The van der Waals surface area contributed by atoms with Crippen molar-refractivity contribution < 1.29 is 18.4 Å². The highest BCUT2D eigenvalue weighted by molar-refractivity contribution is 5.97. The van der Waals surface area contributed by atoms with Crippen LogP contribution in [-0.4, -0.2) is 17.6 Å². The SMILES string of the molecule is C=C(CC(F)(F)C(=O)Nc1ccccc1)[C@H]1CC=C(C)C(=O)C1. The van der Waals surface area contributed by atoms with E-state index in [-0.39, 0.29) is 23.7 Å². The predicted molar refractivity (Wildman–Crippen MR) is 85.3 cm³/mol. The van der Waals surface area contributed by atoms with Crippen molar-refractivity contribution >= 4 is 17.4 Å². The predicted octanol–water partition coefficient (Wildman–Crippen LogP) is 4.13. The Hall–Kier alpha value is -2.30. The lowest BCUT2D eigenvalue weighted by atomic mass is 9.82. The van der Waals surface area contributed by atoms with Crippen molar-refractivity contribution in [1.82, 2.24) is 0 Å². The van der Waals surface area contributed by atoms with E-state index in [4.69, 9.17) is 0 Å². The molecule has 5 heteroatoms. The number of alkyl halides is 2. The van der Waals surface area contributed by atoms with Crippen molar-refractivity contribution in [2.24, 2.45) is 5.92 Å². The van der Waals surface area contributed by atoms with E-state index in [1.54, 1.807) is 31.2 Å². The van der Waals surface area contributed by atoms with Gasteiger partial charge in [0.1, 0.15) is 0 Å². The molecule has 1 aromatic carbocycles. The molecule has 0 bridgehead atoms. The van der Waals surface area contributed by atoms with Crippen molar-refractivity contribution in [3.8, 4) is 0 Å². The molecule has 3 nitrogen and oxygen atoms in total. The molecule has 0 aromatic heterocycles. The smallest absolute Gasteiger partial charge is 0.321 e. The molecule has 0 spiro atoms. The van der Waals surface area contributed by atoms with Crippen LogP contribution < -0.4 is 5.32 Å². The number of nitrogens with one attached hydrogen (secondary N) is 1. The molecule has 0 aliphatic heterocycles. The fourth-order valence-corrected chi connectivity index (χ4v) is 2.47. The monoisotopic (exact) mass is 319 g/mol. The summed E-state index contributed by atoms with van der Waals surface area (Å²) < 4.78 is 28.2. The van der Waals surface area contributed by atoms with Crippen LogP contribution in [0.4, 0.5) is 14.5 Å². The first-order valence-corrected chi connectivity index (χ1v) is 7.41. The summed E-state index contributed by atoms with van der Waals surface area (Å²) >= 11 is 0. The molecule has 0 heterocycles. The van der Waals surface area contributed by atoms with Crippen molar-refractivity contribution in [3.63, 3.8) is 0 Å². The molecule has 1 aromatic rings. The molecular formula is C18H19F2NO2. The van der Waals surface area contributed by atoms with E-state index >= 15 is 0 Å². The minimum atomic E-state index is -3.56. The molecule has 1 aliphatic carbocycles. The lowest BCUT2D eigenvalue weighted by molar-refractivity contribution is -0.139. The summed E-state index contributed by atoms with van der Waals surface area (Å²) in [5, 5.41) is 2.20. The average Bonchev–Trinajstić information content (AvgIpc) is 2.50. The van der Waals surface area contributed by atoms with Gasteiger partial charge in [-0.1, -0.05) is 36.4 Å². The van der Waals surface area contributed by atoms with Gasteiger partial charge < -0.3 is 5.32 Å². The van der Waals surface area contributed by atoms with Gasteiger partial charge in [-0.15, -0.1) is 0 Å². The number of rotatable bonds is 5. The minimum Gasteiger partial charge on any atom is -0.321 e. The standard InChI is InChI=1S/C18H19F2NO2/c1-12-8-9-14(10-16(12)22)13(2)11-18(19,20)17(23)21-15-6-4-3-5-7-15/h3-8,14H,2,9-11H2,1H3,(H,21,23)/t14-/m0/s1. The van der Waals surface area contributed by atoms with E-state index in [1.165, 1.54) is 12.1 Å². The van der Waals surface area contributed by atoms with Crippen LogP contribution in [-0.2, 0) is 9.59 Å². The number of ketones is 1. The number of anilines is 1. The van der Waals surface area contributed by atoms with Crippen molar-refractivity contribution in [2.45, 2.75) is 32.1 Å². The van der Waals surface area contributed by atoms with E-state index in [9.17, 15) is 18.4 Å². The summed E-state index contributed by atoms with van der Waals surface area (Å²) in [6.45, 7) is 5.38. The van der Waals surface area contributed by atoms with Gasteiger partial charge in [0.05, 0.1) is 0 Å². The van der Waals surface area contributed by atoms with Gasteiger partial charge in [-0.05, 0) is 37.0 Å². The number of benzene rings is 1. The van der Waals surface area contributed by atoms with Gasteiger partial charge in [0.25, 0.3) is 5.91 Å². The molecule has 122 valence electrons. The lowest BCUT2D eigenvalue weighted by Gasteiger charge is -2.24. The molecule has 0 radical (unpaired) electrons. The summed E-state index contributed by atoms with van der Waals surface area (Å²) in [7, 11) is 0. The number of amides is 1. The van der Waals surface area contributed by atoms with Crippen LogP contribution in [0.25, 0.3) is 0 Å². The van der Waals surface area contributed by atoms with Crippen molar-refractivity contribution in [2.75, 3.05) is 5.32 Å². The fourth-order valence-electron chi connectivity index (χ4n) is 2.47. The summed E-state index contributed by atoms with van der Waals surface area (Å²) in [6.07, 6.45) is 1.67. The highest BCUT2D eigenvalue weighted by atomic mass is 19.3. The maximum atomic E-state index is 14.1. The zero-order chi connectivity index (χ0) is 17.0. The molecule has 0 fully saturated rings. The number of allylic oxidation sites excluding steroid dienone is 3. The average molecular weight is 319 g/mol. The molecule has 23 heavy (non-hydrogen) atoms. The lowest BCUT2D eigenvalue weighted by Crippen LogP contribution is -2.36. The second-order valence-corrected chi connectivity index (χ2v) is 5.81. The first-order chi connectivity index (χ1) is 10.8. The molecule has 1 atom stereocenters. The molecule has 2 rings (SSSR count). The molecule has 1 amide bonds. The van der Waals surface area contributed by atoms with Gasteiger partial charge in [-0.25, -0.2) is 0 Å². The van der Waals surface area contributed by atoms with Gasteiger partial charge in [0.2, 0.25) is 0 Å². The Morgan fingerprint density at radius 2 is 2.00 bits per heavy atom. The van der Waals surface area contributed by atoms with E-state index in [0.717, 1.165) is 0 Å². The number of halogens is 2. The van der Waals surface area contributed by atoms with Crippen LogP contribution in [0.3, 0.4) is 0 Å². The highest BCUT2D eigenvalue weighted by Gasteiger charge is 2.40. The fraction of sp³-hybridized carbons (Fsp3) is 0.333. The van der Waals surface area contributed by atoms with Crippen LogP contribution >= 0.6 is 0 Å². The quantitative estimate of drug-likeness (QED) is 0.829. The molecule has 0 saturated carbocycles. The first-order valence-electron chi connectivity index (χ1n) is 7.41. The third-order valence-corrected chi connectivity index (χ3v) is 3.97. The Morgan fingerprint density at radius 3 is 2.61 bits per heavy atom. The number of carbonyl (C=O) groups is 2. The normalized spacial score (nSPS) is 18.3. The highest BCUT2D eigenvalue weighted by Crippen LogP contribution is 2.33. The minimum absolute atomic E-state index is 0.0561. The second kappa shape index (κ2) is 6.86. The van der Waals surface area contributed by atoms with Crippen LogP contribution in [0, 0.1) is 5.92 Å². The zero-order valence-electron chi connectivity index (χ0n) is 12.9. The summed E-state index contributed by atoms with van der Waals surface area (Å²) in [6, 6.07) is 8.10. The molecule has 0 unspecified atom stereocenters. The summed E-state index contributed by atoms with van der Waals surface area (Å²) in [5.74, 6) is -5.31. The van der Waals surface area contributed by atoms with Gasteiger partial charge in [0, 0.05) is 18.5 Å². The molecule has 0 saturated heterocycles. The maximum Gasteiger partial charge on any atom is 0.328 e. The molecule has 1 N–H and O–H groups in total. The van der Waals surface area contributed by atoms with Crippen LogP contribution in [0.1, 0.15) is 26.2 Å². The van der Waals surface area contributed by atoms with Gasteiger partial charge in [-0.3, -0.25) is 9.59 Å². The largest absolute Gasteiger partial charge is 0.328 e. The van der Waals surface area contributed by atoms with E-state index in [1.807, 2.05) is 0 Å². The number of hydrogen-bond donors (Lipinski definition) is 1.